The van der Waals surface area contributed by atoms with Crippen molar-refractivity contribution >= 4 is 43.7 Å². The normalized spacial score (nSPS) is 9.45. The van der Waals surface area contributed by atoms with Crippen molar-refractivity contribution < 1.29 is 0 Å². The van der Waals surface area contributed by atoms with E-state index in [4.69, 9.17) is 12.2 Å². The molecule has 0 saturated carbocycles. The number of aromatic amines is 1. The SMILES string of the molecule is P.S=c1[nH]c2ccccc2s1. The van der Waals surface area contributed by atoms with Crippen molar-refractivity contribution in [2.75, 3.05) is 0 Å². The smallest absolute Gasteiger partial charge is 0.159 e. The summed E-state index contributed by atoms with van der Waals surface area (Å²) in [4.78, 5) is 3.09. The number of fused-ring (bicyclic) bond motifs is 1. The highest BCUT2D eigenvalue weighted by molar-refractivity contribution is 7.73. The predicted molar refractivity (Wildman–Crippen MR) is 58.1 cm³/mol. The van der Waals surface area contributed by atoms with Crippen LogP contribution in [0.3, 0.4) is 0 Å². The zero-order valence-corrected chi connectivity index (χ0v) is 8.88. The Morgan fingerprint density at radius 1 is 1.27 bits per heavy atom. The monoisotopic (exact) mass is 201 g/mol. The molecule has 1 atom stereocenters. The summed E-state index contributed by atoms with van der Waals surface area (Å²) in [5, 5.41) is 0. The first-order valence-corrected chi connectivity index (χ1v) is 4.16. The maximum absolute atomic E-state index is 4.98. The zero-order chi connectivity index (χ0) is 6.97. The molecular weight excluding hydrogens is 193 g/mol. The van der Waals surface area contributed by atoms with E-state index >= 15 is 0 Å². The summed E-state index contributed by atoms with van der Waals surface area (Å²) >= 11 is 6.59. The van der Waals surface area contributed by atoms with E-state index < -0.39 is 0 Å². The summed E-state index contributed by atoms with van der Waals surface area (Å²) in [7, 11) is 0. The fourth-order valence-corrected chi connectivity index (χ4v) is 2.01. The number of para-hydroxylation sites is 1. The third-order valence-corrected chi connectivity index (χ3v) is 2.54. The van der Waals surface area contributed by atoms with Crippen molar-refractivity contribution in [1.29, 1.82) is 0 Å². The maximum Gasteiger partial charge on any atom is 0.159 e. The molecule has 0 amide bonds. The quantitative estimate of drug-likeness (QED) is 0.511. The van der Waals surface area contributed by atoms with Crippen LogP contribution in [-0.2, 0) is 0 Å². The van der Waals surface area contributed by atoms with Crippen LogP contribution < -0.4 is 0 Å². The van der Waals surface area contributed by atoms with Gasteiger partial charge in [-0.15, -0.1) is 11.3 Å². The molecule has 1 nitrogen and oxygen atoms in total. The fourth-order valence-electron chi connectivity index (χ4n) is 0.894. The molecule has 0 aliphatic rings. The van der Waals surface area contributed by atoms with Crippen LogP contribution in [0.2, 0.25) is 0 Å². The van der Waals surface area contributed by atoms with Crippen LogP contribution >= 0.6 is 33.5 Å². The summed E-state index contributed by atoms with van der Waals surface area (Å²) in [6, 6.07) is 8.11. The number of H-pyrrole nitrogens is 1. The largest absolute Gasteiger partial charge is 0.337 e. The van der Waals surface area contributed by atoms with Crippen molar-refractivity contribution in [3.63, 3.8) is 0 Å². The second kappa shape index (κ2) is 3.44. The molecule has 0 radical (unpaired) electrons. The molecule has 0 aliphatic heterocycles. The first-order chi connectivity index (χ1) is 4.86. The highest BCUT2D eigenvalue weighted by Crippen LogP contribution is 2.17. The fraction of sp³-hybridized carbons (Fsp3) is 0. The Morgan fingerprint density at radius 2 is 2.00 bits per heavy atom. The lowest BCUT2D eigenvalue weighted by Gasteiger charge is -1.81. The number of nitrogens with one attached hydrogen (secondary N) is 1. The Bertz CT molecular complexity index is 368. The summed E-state index contributed by atoms with van der Waals surface area (Å²) in [5.41, 5.74) is 1.14. The van der Waals surface area contributed by atoms with Crippen LogP contribution in [0, 0.1) is 3.95 Å². The van der Waals surface area contributed by atoms with Gasteiger partial charge in [0.2, 0.25) is 0 Å². The molecule has 1 unspecified atom stereocenters. The van der Waals surface area contributed by atoms with Crippen LogP contribution in [0.5, 0.6) is 0 Å². The minimum absolute atomic E-state index is 0. The van der Waals surface area contributed by atoms with Gasteiger partial charge in [-0.25, -0.2) is 0 Å². The Balaban J connectivity index is 0.000000605. The highest BCUT2D eigenvalue weighted by atomic mass is 32.1. The number of aromatic nitrogens is 1. The molecule has 0 aliphatic carbocycles. The maximum atomic E-state index is 4.98. The molecule has 11 heavy (non-hydrogen) atoms. The third kappa shape index (κ3) is 1.67. The molecule has 2 rings (SSSR count). The lowest BCUT2D eigenvalue weighted by molar-refractivity contribution is 1.47. The van der Waals surface area contributed by atoms with Gasteiger partial charge in [0, 0.05) is 0 Å². The van der Waals surface area contributed by atoms with E-state index in [2.05, 4.69) is 11.1 Å². The van der Waals surface area contributed by atoms with Gasteiger partial charge in [0.15, 0.2) is 3.95 Å². The molecule has 0 spiro atoms. The van der Waals surface area contributed by atoms with Crippen molar-refractivity contribution in [1.82, 2.24) is 4.98 Å². The third-order valence-electron chi connectivity index (χ3n) is 1.33. The minimum Gasteiger partial charge on any atom is -0.337 e. The Kier molecular flexibility index (Phi) is 2.77. The molecule has 2 aromatic rings. The minimum atomic E-state index is 0. The zero-order valence-electron chi connectivity index (χ0n) is 5.83. The van der Waals surface area contributed by atoms with Crippen LogP contribution in [0.15, 0.2) is 24.3 Å². The van der Waals surface area contributed by atoms with Gasteiger partial charge in [0.1, 0.15) is 0 Å². The van der Waals surface area contributed by atoms with Crippen LogP contribution in [0.25, 0.3) is 10.2 Å². The number of hydrogen-bond donors (Lipinski definition) is 1. The van der Waals surface area contributed by atoms with Gasteiger partial charge in [0.05, 0.1) is 10.2 Å². The molecule has 58 valence electrons. The Labute approximate surface area is 77.1 Å². The first kappa shape index (κ1) is 8.85. The van der Waals surface area contributed by atoms with Crippen molar-refractivity contribution in [2.45, 2.75) is 0 Å². The Morgan fingerprint density at radius 3 is 2.73 bits per heavy atom. The molecule has 0 bridgehead atoms. The van der Waals surface area contributed by atoms with Gasteiger partial charge in [-0.2, -0.15) is 9.90 Å². The molecule has 1 aromatic heterocycles. The molecule has 1 N–H and O–H groups in total. The second-order valence-electron chi connectivity index (χ2n) is 2.01. The van der Waals surface area contributed by atoms with E-state index in [0.29, 0.717) is 0 Å². The van der Waals surface area contributed by atoms with Gasteiger partial charge >= 0.3 is 0 Å². The standard InChI is InChI=1S/C7H5NS2.H3P/c9-7-8-5-3-1-2-4-6(5)10-7;/h1-4H,(H,8,9);1H3. The first-order valence-electron chi connectivity index (χ1n) is 2.94. The van der Waals surface area contributed by atoms with Crippen molar-refractivity contribution in [3.05, 3.63) is 28.2 Å². The summed E-state index contributed by atoms with van der Waals surface area (Å²) < 4.78 is 2.08. The molecule has 1 heterocycles. The number of hydrogen-bond acceptors (Lipinski definition) is 2. The number of benzene rings is 1. The number of thiazole rings is 1. The molecule has 0 saturated heterocycles. The van der Waals surface area contributed by atoms with E-state index in [9.17, 15) is 0 Å². The van der Waals surface area contributed by atoms with Gasteiger partial charge < -0.3 is 4.98 Å². The van der Waals surface area contributed by atoms with E-state index in [1.54, 1.807) is 11.3 Å². The topological polar surface area (TPSA) is 15.8 Å². The average molecular weight is 201 g/mol. The molecular formula is C7H8NPS2. The molecule has 4 heteroatoms. The molecule has 0 fully saturated rings. The van der Waals surface area contributed by atoms with E-state index in [-0.39, 0.29) is 9.90 Å². The van der Waals surface area contributed by atoms with E-state index in [0.717, 1.165) is 9.47 Å². The van der Waals surface area contributed by atoms with Gasteiger partial charge in [-0.1, -0.05) is 12.1 Å². The molecule has 1 aromatic carbocycles. The van der Waals surface area contributed by atoms with E-state index in [1.165, 1.54) is 4.70 Å². The highest BCUT2D eigenvalue weighted by Gasteiger charge is 1.91. The van der Waals surface area contributed by atoms with Crippen molar-refractivity contribution in [3.8, 4) is 0 Å². The van der Waals surface area contributed by atoms with Crippen LogP contribution in [-0.4, -0.2) is 4.98 Å². The predicted octanol–water partition coefficient (Wildman–Crippen LogP) is 3.02. The number of rotatable bonds is 0. The second-order valence-corrected chi connectivity index (χ2v) is 3.73. The lowest BCUT2D eigenvalue weighted by Crippen LogP contribution is -1.62. The average Bonchev–Trinajstić information content (AvgIpc) is 2.27. The van der Waals surface area contributed by atoms with E-state index in [1.807, 2.05) is 18.2 Å². The van der Waals surface area contributed by atoms with Gasteiger partial charge in [0.25, 0.3) is 0 Å². The summed E-state index contributed by atoms with van der Waals surface area (Å²) in [5.74, 6) is 0. The van der Waals surface area contributed by atoms with Crippen LogP contribution in [0.4, 0.5) is 0 Å². The summed E-state index contributed by atoms with van der Waals surface area (Å²) in [6.45, 7) is 0. The van der Waals surface area contributed by atoms with Crippen LogP contribution in [0.1, 0.15) is 0 Å². The van der Waals surface area contributed by atoms with Gasteiger partial charge in [-0.05, 0) is 24.4 Å². The van der Waals surface area contributed by atoms with Crippen molar-refractivity contribution in [2.24, 2.45) is 0 Å². The lowest BCUT2D eigenvalue weighted by atomic mass is 10.3. The van der Waals surface area contributed by atoms with Gasteiger partial charge in [-0.3, -0.25) is 0 Å². The Hall–Kier alpha value is -0.240. The summed E-state index contributed by atoms with van der Waals surface area (Å²) in [6.07, 6.45) is 0.